The molecule has 0 heterocycles. The molecule has 1 aromatic rings. The molecule has 0 saturated heterocycles. The average Bonchev–Trinajstić information content (AvgIpc) is 3.07. The second kappa shape index (κ2) is 4.61. The second-order valence-electron chi connectivity index (χ2n) is 4.44. The molecule has 0 aromatic heterocycles. The molecule has 0 atom stereocenters. The van der Waals surface area contributed by atoms with Crippen molar-refractivity contribution in [3.05, 3.63) is 35.4 Å². The summed E-state index contributed by atoms with van der Waals surface area (Å²) in [6.45, 7) is 0.437. The zero-order valence-corrected chi connectivity index (χ0v) is 9.86. The lowest BCUT2D eigenvalue weighted by Crippen LogP contribution is -2.31. The maximum Gasteiger partial charge on any atom is 0.254 e. The Morgan fingerprint density at radius 3 is 2.65 bits per heavy atom. The maximum atomic E-state index is 13.3. The molecule has 0 radical (unpaired) electrons. The highest BCUT2D eigenvalue weighted by Crippen LogP contribution is 2.45. The molecule has 0 unspecified atom stereocenters. The fourth-order valence-corrected chi connectivity index (χ4v) is 1.93. The van der Waals surface area contributed by atoms with E-state index >= 15 is 0 Å². The molecule has 2 rings (SSSR count). The van der Waals surface area contributed by atoms with E-state index in [4.69, 9.17) is 11.6 Å². The Morgan fingerprint density at radius 2 is 2.12 bits per heavy atom. The highest BCUT2D eigenvalue weighted by molar-refractivity contribution is 6.18. The van der Waals surface area contributed by atoms with Crippen molar-refractivity contribution in [2.45, 2.75) is 12.8 Å². The second-order valence-corrected chi connectivity index (χ2v) is 4.71. The quantitative estimate of drug-likeness (QED) is 0.828. The van der Waals surface area contributed by atoms with Gasteiger partial charge in [-0.15, -0.1) is 11.6 Å². The largest absolute Gasteiger partial charge is 0.351 e. The van der Waals surface area contributed by atoms with Crippen molar-refractivity contribution < 1.29 is 13.6 Å². The number of amides is 1. The topological polar surface area (TPSA) is 29.1 Å². The highest BCUT2D eigenvalue weighted by Gasteiger charge is 2.41. The Hall–Kier alpha value is -1.16. The van der Waals surface area contributed by atoms with E-state index in [1.165, 1.54) is 0 Å². The first kappa shape index (κ1) is 12.3. The van der Waals surface area contributed by atoms with Crippen molar-refractivity contribution in [3.8, 4) is 0 Å². The summed E-state index contributed by atoms with van der Waals surface area (Å²) in [4.78, 5) is 11.7. The third-order valence-electron chi connectivity index (χ3n) is 3.04. The van der Waals surface area contributed by atoms with Gasteiger partial charge in [-0.05, 0) is 25.0 Å². The summed E-state index contributed by atoms with van der Waals surface area (Å²) < 4.78 is 26.0. The summed E-state index contributed by atoms with van der Waals surface area (Å²) in [6.07, 6.45) is 1.95. The maximum absolute atomic E-state index is 13.3. The van der Waals surface area contributed by atoms with Gasteiger partial charge >= 0.3 is 0 Å². The Bertz CT molecular complexity index is 446. The smallest absolute Gasteiger partial charge is 0.254 e. The lowest BCUT2D eigenvalue weighted by molar-refractivity contribution is 0.0942. The Labute approximate surface area is 103 Å². The Kier molecular flexibility index (Phi) is 3.33. The van der Waals surface area contributed by atoms with Crippen molar-refractivity contribution in [2.75, 3.05) is 12.4 Å². The molecule has 1 saturated carbocycles. The number of carbonyl (C=O) groups is 1. The van der Waals surface area contributed by atoms with Crippen molar-refractivity contribution in [1.29, 1.82) is 0 Å². The molecular weight excluding hydrogens is 248 g/mol. The number of hydrogen-bond donors (Lipinski definition) is 1. The van der Waals surface area contributed by atoms with Gasteiger partial charge in [-0.25, -0.2) is 8.78 Å². The monoisotopic (exact) mass is 259 g/mol. The van der Waals surface area contributed by atoms with Crippen LogP contribution in [0.4, 0.5) is 8.78 Å². The number of rotatable bonds is 4. The predicted molar refractivity (Wildman–Crippen MR) is 61.1 cm³/mol. The van der Waals surface area contributed by atoms with E-state index in [0.717, 1.165) is 25.0 Å². The number of hydrogen-bond acceptors (Lipinski definition) is 1. The SMILES string of the molecule is O=C(NCC1(CCl)CC1)c1ccc(F)cc1F. The summed E-state index contributed by atoms with van der Waals surface area (Å²) >= 11 is 5.76. The van der Waals surface area contributed by atoms with Crippen LogP contribution in [0.5, 0.6) is 0 Å². The van der Waals surface area contributed by atoms with Crippen molar-refractivity contribution in [2.24, 2.45) is 5.41 Å². The zero-order chi connectivity index (χ0) is 12.5. The van der Waals surface area contributed by atoms with E-state index in [1.54, 1.807) is 0 Å². The number of alkyl halides is 1. The van der Waals surface area contributed by atoms with E-state index in [2.05, 4.69) is 5.32 Å². The van der Waals surface area contributed by atoms with Gasteiger partial charge in [0.2, 0.25) is 0 Å². The first-order valence-corrected chi connectivity index (χ1v) is 5.89. The Morgan fingerprint density at radius 1 is 1.41 bits per heavy atom. The van der Waals surface area contributed by atoms with Crippen LogP contribution >= 0.6 is 11.6 Å². The molecule has 0 aliphatic heterocycles. The lowest BCUT2D eigenvalue weighted by atomic mass is 10.1. The van der Waals surface area contributed by atoms with Crippen molar-refractivity contribution >= 4 is 17.5 Å². The number of benzene rings is 1. The molecule has 1 fully saturated rings. The molecule has 92 valence electrons. The van der Waals surface area contributed by atoms with Gasteiger partial charge in [0.1, 0.15) is 11.6 Å². The molecule has 5 heteroatoms. The molecule has 2 nitrogen and oxygen atoms in total. The highest BCUT2D eigenvalue weighted by atomic mass is 35.5. The van der Waals surface area contributed by atoms with Crippen LogP contribution in [0.25, 0.3) is 0 Å². The van der Waals surface area contributed by atoms with Gasteiger partial charge in [0.25, 0.3) is 5.91 Å². The van der Waals surface area contributed by atoms with Crippen molar-refractivity contribution in [3.63, 3.8) is 0 Å². The zero-order valence-electron chi connectivity index (χ0n) is 9.10. The number of nitrogens with one attached hydrogen (secondary N) is 1. The third kappa shape index (κ3) is 2.75. The molecular formula is C12H12ClF2NO. The summed E-state index contributed by atoms with van der Waals surface area (Å²) in [5.41, 5.74) is -0.162. The molecule has 1 aliphatic rings. The molecule has 1 amide bonds. The van der Waals surface area contributed by atoms with Gasteiger partial charge < -0.3 is 5.32 Å². The Balaban J connectivity index is 2.00. The van der Waals surface area contributed by atoms with Crippen LogP contribution in [-0.2, 0) is 0 Å². The van der Waals surface area contributed by atoms with Gasteiger partial charge in [0.05, 0.1) is 5.56 Å². The van der Waals surface area contributed by atoms with Crippen LogP contribution in [0.2, 0.25) is 0 Å². The summed E-state index contributed by atoms with van der Waals surface area (Å²) in [6, 6.07) is 2.90. The van der Waals surface area contributed by atoms with Gasteiger partial charge in [-0.3, -0.25) is 4.79 Å². The standard InChI is InChI=1S/C12H12ClF2NO/c13-6-12(3-4-12)7-16-11(17)9-2-1-8(14)5-10(9)15/h1-2,5H,3-4,6-7H2,(H,16,17). The van der Waals surface area contributed by atoms with E-state index < -0.39 is 17.5 Å². The fraction of sp³-hybridized carbons (Fsp3) is 0.417. The number of halogens is 3. The van der Waals surface area contributed by atoms with Crippen molar-refractivity contribution in [1.82, 2.24) is 5.32 Å². The van der Waals surface area contributed by atoms with E-state index in [9.17, 15) is 13.6 Å². The molecule has 0 bridgehead atoms. The lowest BCUT2D eigenvalue weighted by Gasteiger charge is -2.12. The van der Waals surface area contributed by atoms with Gasteiger partial charge in [-0.2, -0.15) is 0 Å². The first-order valence-electron chi connectivity index (χ1n) is 5.36. The predicted octanol–water partition coefficient (Wildman–Crippen LogP) is 2.71. The molecule has 1 N–H and O–H groups in total. The van der Waals surface area contributed by atoms with Gasteiger partial charge in [-0.1, -0.05) is 0 Å². The van der Waals surface area contributed by atoms with Crippen LogP contribution in [0, 0.1) is 17.0 Å². The summed E-state index contributed by atoms with van der Waals surface area (Å²) in [7, 11) is 0. The fourth-order valence-electron chi connectivity index (χ4n) is 1.57. The minimum atomic E-state index is -0.849. The van der Waals surface area contributed by atoms with Crippen LogP contribution in [0.1, 0.15) is 23.2 Å². The average molecular weight is 260 g/mol. The number of carbonyl (C=O) groups excluding carboxylic acids is 1. The molecule has 17 heavy (non-hydrogen) atoms. The van der Waals surface area contributed by atoms with E-state index in [0.29, 0.717) is 18.5 Å². The van der Waals surface area contributed by atoms with Gasteiger partial charge in [0, 0.05) is 23.9 Å². The molecule has 1 aromatic carbocycles. The van der Waals surface area contributed by atoms with E-state index in [1.807, 2.05) is 0 Å². The summed E-state index contributed by atoms with van der Waals surface area (Å²) in [5.74, 6) is -1.59. The van der Waals surface area contributed by atoms with Crippen LogP contribution in [0.15, 0.2) is 18.2 Å². The van der Waals surface area contributed by atoms with Crippen LogP contribution < -0.4 is 5.32 Å². The van der Waals surface area contributed by atoms with Crippen LogP contribution in [0.3, 0.4) is 0 Å². The third-order valence-corrected chi connectivity index (χ3v) is 3.61. The van der Waals surface area contributed by atoms with Crippen LogP contribution in [-0.4, -0.2) is 18.3 Å². The first-order chi connectivity index (χ1) is 8.06. The molecule has 0 spiro atoms. The normalized spacial score (nSPS) is 16.6. The summed E-state index contributed by atoms with van der Waals surface area (Å²) in [5, 5.41) is 2.63. The van der Waals surface area contributed by atoms with Gasteiger partial charge in [0.15, 0.2) is 0 Å². The molecule has 1 aliphatic carbocycles. The van der Waals surface area contributed by atoms with E-state index in [-0.39, 0.29) is 11.0 Å². The minimum Gasteiger partial charge on any atom is -0.351 e. The minimum absolute atomic E-state index is 0.0201.